The third kappa shape index (κ3) is 4.00. The Kier molecular flexibility index (Phi) is 4.49. The van der Waals surface area contributed by atoms with Crippen molar-refractivity contribution >= 4 is 28.7 Å². The van der Waals surface area contributed by atoms with E-state index >= 15 is 0 Å². The molecule has 2 N–H and O–H groups in total. The fraction of sp³-hybridized carbons (Fsp3) is 0.417. The molecule has 0 aliphatic rings. The highest BCUT2D eigenvalue weighted by Gasteiger charge is 2.12. The van der Waals surface area contributed by atoms with Crippen molar-refractivity contribution in [1.29, 1.82) is 0 Å². The van der Waals surface area contributed by atoms with Crippen molar-refractivity contribution in [1.82, 2.24) is 20.6 Å². The van der Waals surface area contributed by atoms with Crippen LogP contribution in [0, 0.1) is 13.8 Å². The van der Waals surface area contributed by atoms with Gasteiger partial charge in [0.1, 0.15) is 5.01 Å². The number of hydrogen-bond acceptors (Lipinski definition) is 5. The second kappa shape index (κ2) is 6.12. The standard InChI is InChI=1S/C12H16N4OS2/c1-7-6-18-11(15-7)8(2)16-12(17)14-5-10-4-13-9(3)19-10/h4,6,8H,5H2,1-3H3,(H2,14,16,17)/t8-/m1/s1. The molecule has 0 spiro atoms. The second-order valence-corrected chi connectivity index (χ2v) is 6.43. The summed E-state index contributed by atoms with van der Waals surface area (Å²) in [7, 11) is 0. The monoisotopic (exact) mass is 296 g/mol. The van der Waals surface area contributed by atoms with Crippen LogP contribution in [0.15, 0.2) is 11.6 Å². The Morgan fingerprint density at radius 3 is 2.84 bits per heavy atom. The van der Waals surface area contributed by atoms with Crippen LogP contribution in [0.2, 0.25) is 0 Å². The number of urea groups is 1. The molecule has 2 aromatic heterocycles. The first-order chi connectivity index (χ1) is 9.04. The summed E-state index contributed by atoms with van der Waals surface area (Å²) in [6.07, 6.45) is 1.79. The second-order valence-electron chi connectivity index (χ2n) is 4.22. The van der Waals surface area contributed by atoms with Crippen LogP contribution in [0.25, 0.3) is 0 Å². The first-order valence-electron chi connectivity index (χ1n) is 5.92. The van der Waals surface area contributed by atoms with E-state index in [9.17, 15) is 4.79 Å². The zero-order valence-electron chi connectivity index (χ0n) is 11.1. The van der Waals surface area contributed by atoms with E-state index < -0.39 is 0 Å². The van der Waals surface area contributed by atoms with E-state index in [1.165, 1.54) is 0 Å². The summed E-state index contributed by atoms with van der Waals surface area (Å²) in [5.74, 6) is 0. The quantitative estimate of drug-likeness (QED) is 0.911. The molecule has 0 radical (unpaired) electrons. The van der Waals surface area contributed by atoms with Crippen LogP contribution in [0.5, 0.6) is 0 Å². The molecule has 2 aromatic rings. The third-order valence-electron chi connectivity index (χ3n) is 2.45. The molecule has 0 unspecified atom stereocenters. The summed E-state index contributed by atoms with van der Waals surface area (Å²) < 4.78 is 0. The van der Waals surface area contributed by atoms with Crippen LogP contribution in [0.1, 0.15) is 33.6 Å². The number of aromatic nitrogens is 2. The fourth-order valence-electron chi connectivity index (χ4n) is 1.53. The minimum Gasteiger partial charge on any atom is -0.333 e. The number of thiazole rings is 2. The van der Waals surface area contributed by atoms with Gasteiger partial charge in [0, 0.05) is 22.1 Å². The first kappa shape index (κ1) is 14.0. The SMILES string of the molecule is Cc1csc([C@@H](C)NC(=O)NCc2cnc(C)s2)n1. The summed E-state index contributed by atoms with van der Waals surface area (Å²) in [6, 6.07) is -0.270. The van der Waals surface area contributed by atoms with Gasteiger partial charge in [-0.15, -0.1) is 22.7 Å². The van der Waals surface area contributed by atoms with Gasteiger partial charge >= 0.3 is 6.03 Å². The molecule has 7 heteroatoms. The normalized spacial score (nSPS) is 12.2. The van der Waals surface area contributed by atoms with Crippen LogP contribution in [0.3, 0.4) is 0 Å². The van der Waals surface area contributed by atoms with Crippen molar-refractivity contribution < 1.29 is 4.79 Å². The molecule has 2 amide bonds. The molecule has 0 saturated carbocycles. The van der Waals surface area contributed by atoms with Gasteiger partial charge in [-0.1, -0.05) is 0 Å². The highest BCUT2D eigenvalue weighted by atomic mass is 32.1. The average molecular weight is 296 g/mol. The number of amides is 2. The van der Waals surface area contributed by atoms with Crippen molar-refractivity contribution in [3.05, 3.63) is 32.2 Å². The summed E-state index contributed by atoms with van der Waals surface area (Å²) in [6.45, 7) is 6.32. The molecule has 1 atom stereocenters. The third-order valence-corrected chi connectivity index (χ3v) is 4.51. The van der Waals surface area contributed by atoms with E-state index in [-0.39, 0.29) is 12.1 Å². The van der Waals surface area contributed by atoms with Crippen LogP contribution in [-0.4, -0.2) is 16.0 Å². The van der Waals surface area contributed by atoms with Gasteiger partial charge in [-0.2, -0.15) is 0 Å². The summed E-state index contributed by atoms with van der Waals surface area (Å²) in [5, 5.41) is 9.58. The van der Waals surface area contributed by atoms with E-state index in [2.05, 4.69) is 20.6 Å². The minimum absolute atomic E-state index is 0.0816. The Morgan fingerprint density at radius 2 is 2.26 bits per heavy atom. The highest BCUT2D eigenvalue weighted by molar-refractivity contribution is 7.11. The summed E-state index contributed by atoms with van der Waals surface area (Å²) in [5.41, 5.74) is 0.981. The van der Waals surface area contributed by atoms with Gasteiger partial charge in [0.25, 0.3) is 0 Å². The molecule has 2 rings (SSSR count). The van der Waals surface area contributed by atoms with Gasteiger partial charge in [0.2, 0.25) is 0 Å². The lowest BCUT2D eigenvalue weighted by molar-refractivity contribution is 0.237. The number of rotatable bonds is 4. The van der Waals surface area contributed by atoms with Crippen molar-refractivity contribution in [2.45, 2.75) is 33.4 Å². The predicted octanol–water partition coefficient (Wildman–Crippen LogP) is 2.78. The van der Waals surface area contributed by atoms with Crippen LogP contribution in [-0.2, 0) is 6.54 Å². The number of carbonyl (C=O) groups excluding carboxylic acids is 1. The van der Waals surface area contributed by atoms with Gasteiger partial charge in [-0.05, 0) is 20.8 Å². The molecular formula is C12H16N4OS2. The molecule has 0 saturated heterocycles. The maximum atomic E-state index is 11.8. The van der Waals surface area contributed by atoms with Crippen LogP contribution >= 0.6 is 22.7 Å². The van der Waals surface area contributed by atoms with Crippen molar-refractivity contribution in [2.24, 2.45) is 0 Å². The Balaban J connectivity index is 1.81. The Hall–Kier alpha value is -1.47. The number of aryl methyl sites for hydroxylation is 2. The lowest BCUT2D eigenvalue weighted by atomic mass is 10.3. The summed E-state index contributed by atoms with van der Waals surface area (Å²) in [4.78, 5) is 21.3. The minimum atomic E-state index is -0.189. The number of nitrogens with zero attached hydrogens (tertiary/aromatic N) is 2. The zero-order valence-corrected chi connectivity index (χ0v) is 12.7. The van der Waals surface area contributed by atoms with Gasteiger partial charge in [0.15, 0.2) is 0 Å². The van der Waals surface area contributed by atoms with E-state index in [0.717, 1.165) is 20.6 Å². The lowest BCUT2D eigenvalue weighted by Gasteiger charge is -2.11. The molecule has 102 valence electrons. The number of carbonyl (C=O) groups is 1. The van der Waals surface area contributed by atoms with Crippen LogP contribution in [0.4, 0.5) is 4.79 Å². The average Bonchev–Trinajstić information content (AvgIpc) is 2.95. The molecule has 0 bridgehead atoms. The maximum absolute atomic E-state index is 11.8. The number of hydrogen-bond donors (Lipinski definition) is 2. The van der Waals surface area contributed by atoms with E-state index in [1.807, 2.05) is 26.2 Å². The molecule has 0 aliphatic carbocycles. The molecule has 0 aliphatic heterocycles. The van der Waals surface area contributed by atoms with E-state index in [4.69, 9.17) is 0 Å². The van der Waals surface area contributed by atoms with Gasteiger partial charge in [-0.25, -0.2) is 14.8 Å². The van der Waals surface area contributed by atoms with Crippen molar-refractivity contribution in [2.75, 3.05) is 0 Å². The zero-order chi connectivity index (χ0) is 13.8. The van der Waals surface area contributed by atoms with E-state index in [1.54, 1.807) is 28.9 Å². The molecule has 0 fully saturated rings. The molecule has 5 nitrogen and oxygen atoms in total. The largest absolute Gasteiger partial charge is 0.333 e. The first-order valence-corrected chi connectivity index (χ1v) is 7.62. The molecular weight excluding hydrogens is 280 g/mol. The topological polar surface area (TPSA) is 66.9 Å². The Labute approximate surface area is 120 Å². The van der Waals surface area contributed by atoms with Gasteiger partial charge in [-0.3, -0.25) is 0 Å². The fourth-order valence-corrected chi connectivity index (χ4v) is 3.07. The Bertz CT molecular complexity index is 564. The summed E-state index contributed by atoms with van der Waals surface area (Å²) >= 11 is 3.14. The van der Waals surface area contributed by atoms with Crippen molar-refractivity contribution in [3.8, 4) is 0 Å². The maximum Gasteiger partial charge on any atom is 0.315 e. The lowest BCUT2D eigenvalue weighted by Crippen LogP contribution is -2.36. The highest BCUT2D eigenvalue weighted by Crippen LogP contribution is 2.17. The predicted molar refractivity (Wildman–Crippen MR) is 77.5 cm³/mol. The Morgan fingerprint density at radius 1 is 1.47 bits per heavy atom. The van der Waals surface area contributed by atoms with Gasteiger partial charge < -0.3 is 10.6 Å². The number of nitrogens with one attached hydrogen (secondary N) is 2. The molecule has 0 aromatic carbocycles. The van der Waals surface area contributed by atoms with Gasteiger partial charge in [0.05, 0.1) is 17.6 Å². The van der Waals surface area contributed by atoms with Crippen molar-refractivity contribution in [3.63, 3.8) is 0 Å². The molecule has 19 heavy (non-hydrogen) atoms. The smallest absolute Gasteiger partial charge is 0.315 e. The molecule has 2 heterocycles. The van der Waals surface area contributed by atoms with Crippen LogP contribution < -0.4 is 10.6 Å². The van der Waals surface area contributed by atoms with E-state index in [0.29, 0.717) is 6.54 Å².